The Morgan fingerprint density at radius 2 is 1.56 bits per heavy atom. The Morgan fingerprint density at radius 1 is 0.953 bits per heavy atom. The lowest BCUT2D eigenvalue weighted by atomic mass is 9.99. The summed E-state index contributed by atoms with van der Waals surface area (Å²) in [6, 6.07) is 19.4. The molecule has 2 aliphatic rings. The van der Waals surface area contributed by atoms with Crippen molar-refractivity contribution in [3.8, 4) is 11.1 Å². The molecule has 3 N–H and O–H groups in total. The van der Waals surface area contributed by atoms with Crippen molar-refractivity contribution in [2.24, 2.45) is 5.92 Å². The summed E-state index contributed by atoms with van der Waals surface area (Å²) >= 11 is 0. The number of hydrogen-bond donors (Lipinski definition) is 2. The number of hydrogen-bond acceptors (Lipinski definition) is 5. The number of carboxylic acids is 1. The van der Waals surface area contributed by atoms with Gasteiger partial charge in [-0.15, -0.1) is 5.69 Å². The van der Waals surface area contributed by atoms with Crippen LogP contribution in [-0.4, -0.2) is 66.3 Å². The predicted molar refractivity (Wildman–Crippen MR) is 157 cm³/mol. The van der Waals surface area contributed by atoms with Crippen molar-refractivity contribution >= 4 is 33.3 Å². The number of anilines is 1. The Hall–Kier alpha value is -3.94. The monoisotopic (exact) mass is 617 g/mol. The third-order valence-electron chi connectivity index (χ3n) is 7.22. The highest BCUT2D eigenvalue weighted by Gasteiger charge is 2.50. The zero-order chi connectivity index (χ0) is 31.4. The number of sulfonamides is 1. The molecule has 1 aliphatic heterocycles. The highest BCUT2D eigenvalue weighted by Crippen LogP contribution is 2.32. The number of aromatic carboxylic acids is 1. The van der Waals surface area contributed by atoms with Crippen LogP contribution in [0.3, 0.4) is 0 Å². The van der Waals surface area contributed by atoms with Gasteiger partial charge in [0.2, 0.25) is 5.91 Å². The third kappa shape index (κ3) is 8.33. The van der Waals surface area contributed by atoms with Crippen LogP contribution in [0.1, 0.15) is 34.3 Å². The average molecular weight is 618 g/mol. The van der Waals surface area contributed by atoms with Crippen molar-refractivity contribution in [1.82, 2.24) is 9.21 Å². The van der Waals surface area contributed by atoms with Gasteiger partial charge in [0.25, 0.3) is 0 Å². The Kier molecular flexibility index (Phi) is 9.78. The molecule has 9 nitrogen and oxygen atoms in total. The molecule has 0 atom stereocenters. The Bertz CT molecular complexity index is 1550. The smallest absolute Gasteiger partial charge is 0.511 e. The second-order valence-corrected chi connectivity index (χ2v) is 12.4. The number of alkyl halides is 3. The molecule has 0 radical (unpaired) electrons. The van der Waals surface area contributed by atoms with E-state index in [2.05, 4.69) is 5.32 Å². The quantitative estimate of drug-likeness (QED) is 0.332. The summed E-state index contributed by atoms with van der Waals surface area (Å²) in [6.45, 7) is 2.68. The summed E-state index contributed by atoms with van der Waals surface area (Å²) in [5.74, 6) is -0.690. The summed E-state index contributed by atoms with van der Waals surface area (Å²) in [6.07, 6.45) is 1.95. The summed E-state index contributed by atoms with van der Waals surface area (Å²) in [7, 11) is -5.22. The number of carbonyl (C=O) groups is 2. The lowest BCUT2D eigenvalue weighted by Crippen LogP contribution is -2.51. The first-order valence-electron chi connectivity index (χ1n) is 13.6. The highest BCUT2D eigenvalue weighted by molar-refractivity contribution is 7.90. The molecule has 1 heterocycles. The fourth-order valence-electron chi connectivity index (χ4n) is 4.54. The van der Waals surface area contributed by atoms with E-state index in [1.165, 1.54) is 0 Å². The number of carbonyl (C=O) groups excluding carboxylic acids is 1. The molecule has 13 heteroatoms. The second kappa shape index (κ2) is 13.1. The van der Waals surface area contributed by atoms with E-state index in [1.54, 1.807) is 48.5 Å². The van der Waals surface area contributed by atoms with Gasteiger partial charge in [0.15, 0.2) is 0 Å². The molecule has 1 saturated heterocycles. The van der Waals surface area contributed by atoms with Gasteiger partial charge >= 0.3 is 21.5 Å². The van der Waals surface area contributed by atoms with Crippen molar-refractivity contribution in [3.63, 3.8) is 0 Å². The van der Waals surface area contributed by atoms with Gasteiger partial charge in [0.1, 0.15) is 0 Å². The first kappa shape index (κ1) is 32.0. The van der Waals surface area contributed by atoms with E-state index >= 15 is 0 Å². The van der Waals surface area contributed by atoms with Crippen molar-refractivity contribution in [2.45, 2.75) is 31.8 Å². The summed E-state index contributed by atoms with van der Waals surface area (Å²) < 4.78 is 60.3. The van der Waals surface area contributed by atoms with Crippen LogP contribution in [0.25, 0.3) is 16.9 Å². The number of halogens is 3. The molecule has 1 saturated carbocycles. The molecular weight excluding hydrogens is 585 g/mol. The lowest BCUT2D eigenvalue weighted by molar-refractivity contribution is -0.117. The average Bonchev–Trinajstić information content (AvgIpc) is 3.81. The largest absolute Gasteiger partial charge is 0.699 e. The van der Waals surface area contributed by atoms with Crippen LogP contribution in [0.15, 0.2) is 66.7 Å². The van der Waals surface area contributed by atoms with Gasteiger partial charge in [-0.05, 0) is 66.3 Å². The van der Waals surface area contributed by atoms with Crippen LogP contribution < -0.4 is 5.32 Å². The van der Waals surface area contributed by atoms with Crippen molar-refractivity contribution in [3.05, 3.63) is 89.2 Å². The van der Waals surface area contributed by atoms with Crippen molar-refractivity contribution in [1.29, 1.82) is 0 Å². The second-order valence-electron chi connectivity index (χ2n) is 10.5. The van der Waals surface area contributed by atoms with E-state index in [-0.39, 0.29) is 43.6 Å². The van der Waals surface area contributed by atoms with Crippen LogP contribution in [0.4, 0.5) is 24.5 Å². The Labute approximate surface area is 248 Å². The molecule has 0 aromatic heterocycles. The Balaban J connectivity index is 0.000000197. The van der Waals surface area contributed by atoms with Crippen molar-refractivity contribution in [2.75, 3.05) is 31.5 Å². The zero-order valence-electron chi connectivity index (χ0n) is 23.4. The van der Waals surface area contributed by atoms with E-state index in [1.807, 2.05) is 30.0 Å². The molecule has 2 fully saturated rings. The minimum Gasteiger partial charge on any atom is -0.699 e. The SMILES string of the molecule is Cc1ccc(NC(=O)C2CC2)cc1-c1ccc(C(=O)O)cc1.[NH-]c1ccc(CN2CCN(S(=O)(=O)C(F)(F)F)CC2)cc1. The molecular formula is C30H32F3N4O5S-. The van der Waals surface area contributed by atoms with E-state index in [0.717, 1.165) is 40.8 Å². The van der Waals surface area contributed by atoms with Gasteiger partial charge < -0.3 is 16.2 Å². The first-order chi connectivity index (χ1) is 20.2. The van der Waals surface area contributed by atoms with Crippen LogP contribution in [0.2, 0.25) is 0 Å². The highest BCUT2D eigenvalue weighted by atomic mass is 32.2. The molecule has 0 spiro atoms. The number of rotatable bonds is 7. The van der Waals surface area contributed by atoms with Gasteiger partial charge in [-0.25, -0.2) is 13.2 Å². The number of nitrogens with zero attached hydrogens (tertiary/aromatic N) is 2. The molecule has 1 amide bonds. The summed E-state index contributed by atoms with van der Waals surface area (Å²) in [5, 5.41) is 11.9. The predicted octanol–water partition coefficient (Wildman–Crippen LogP) is 6.05. The minimum absolute atomic E-state index is 0.0797. The van der Waals surface area contributed by atoms with Gasteiger partial charge in [0.05, 0.1) is 5.56 Å². The van der Waals surface area contributed by atoms with Crippen LogP contribution >= 0.6 is 0 Å². The van der Waals surface area contributed by atoms with E-state index in [4.69, 9.17) is 10.8 Å². The number of nitrogens with one attached hydrogen (secondary N) is 2. The fourth-order valence-corrected chi connectivity index (χ4v) is 5.47. The van der Waals surface area contributed by atoms with Gasteiger partial charge in [-0.2, -0.15) is 17.5 Å². The maximum absolute atomic E-state index is 12.4. The molecule has 230 valence electrons. The zero-order valence-corrected chi connectivity index (χ0v) is 24.2. The third-order valence-corrected chi connectivity index (χ3v) is 8.85. The number of amides is 1. The normalized spacial score (nSPS) is 16.2. The number of piperazine rings is 1. The van der Waals surface area contributed by atoms with E-state index < -0.39 is 21.5 Å². The molecule has 0 bridgehead atoms. The van der Waals surface area contributed by atoms with Crippen LogP contribution in [0.5, 0.6) is 0 Å². The number of carboxylic acid groups (broad SMARTS) is 1. The fraction of sp³-hybridized carbons (Fsp3) is 0.333. The molecule has 3 aromatic carbocycles. The number of aryl methyl sites for hydroxylation is 1. The summed E-state index contributed by atoms with van der Waals surface area (Å²) in [4.78, 5) is 24.7. The molecule has 0 unspecified atom stereocenters. The summed E-state index contributed by atoms with van der Waals surface area (Å²) in [5.41, 5.74) is 7.51. The van der Waals surface area contributed by atoms with Crippen molar-refractivity contribution < 1.29 is 36.3 Å². The maximum atomic E-state index is 12.4. The first-order valence-corrected chi connectivity index (χ1v) is 15.0. The van der Waals surface area contributed by atoms with E-state index in [0.29, 0.717) is 16.5 Å². The molecule has 5 rings (SSSR count). The molecule has 43 heavy (non-hydrogen) atoms. The maximum Gasteiger partial charge on any atom is 0.511 e. The van der Waals surface area contributed by atoms with Gasteiger partial charge in [-0.3, -0.25) is 9.69 Å². The molecule has 1 aliphatic carbocycles. The van der Waals surface area contributed by atoms with Crippen LogP contribution in [0, 0.1) is 12.8 Å². The number of benzene rings is 3. The Morgan fingerprint density at radius 3 is 2.09 bits per heavy atom. The standard InChI is InChI=1S/C18H17NO3.C12H15F3N3O2S/c1-11-2-9-15(19-17(20)13-5-6-13)10-16(11)12-3-7-14(8-4-12)18(21)22;13-12(14,15)21(19,20)18-7-5-17(6-8-18)9-10-1-3-11(16)4-2-10/h2-4,7-10,13H,5-6H2,1H3,(H,19,20)(H,21,22);1-4,16H,5-9H2/q;-1. The van der Waals surface area contributed by atoms with Crippen LogP contribution in [-0.2, 0) is 21.4 Å². The topological polar surface area (TPSA) is 131 Å². The van der Waals surface area contributed by atoms with Gasteiger partial charge in [-0.1, -0.05) is 42.5 Å². The van der Waals surface area contributed by atoms with E-state index in [9.17, 15) is 31.2 Å². The minimum atomic E-state index is -5.24. The molecule has 3 aromatic rings. The lowest BCUT2D eigenvalue weighted by Gasteiger charge is -2.34. The van der Waals surface area contributed by atoms with Gasteiger partial charge in [0, 0.05) is 44.3 Å².